The molecule has 1 N–H and O–H groups in total. The van der Waals surface area contributed by atoms with Crippen LogP contribution in [0.3, 0.4) is 0 Å². The lowest BCUT2D eigenvalue weighted by Crippen LogP contribution is -2.45. The highest BCUT2D eigenvalue weighted by molar-refractivity contribution is 5.94. The SMILES string of the molecule is O=C(NC1CCN(c2ccnc3ccnn23)CC1)c1ccncc1. The Bertz CT molecular complexity index is 838. The number of fused-ring (bicyclic) bond motifs is 1. The Hall–Kier alpha value is -2.96. The Kier molecular flexibility index (Phi) is 3.82. The number of amides is 1. The number of rotatable bonds is 3. The lowest BCUT2D eigenvalue weighted by molar-refractivity contribution is 0.0931. The number of anilines is 1. The quantitative estimate of drug-likeness (QED) is 0.791. The van der Waals surface area contributed by atoms with Gasteiger partial charge in [0.1, 0.15) is 5.82 Å². The molecule has 4 heterocycles. The predicted octanol–water partition coefficient (Wildman–Crippen LogP) is 1.52. The van der Waals surface area contributed by atoms with Gasteiger partial charge in [-0.25, -0.2) is 4.98 Å². The van der Waals surface area contributed by atoms with Crippen molar-refractivity contribution in [3.8, 4) is 0 Å². The molecule has 122 valence electrons. The van der Waals surface area contributed by atoms with Crippen molar-refractivity contribution in [2.24, 2.45) is 0 Å². The first kappa shape index (κ1) is 14.6. The van der Waals surface area contributed by atoms with Crippen molar-refractivity contribution in [1.82, 2.24) is 24.9 Å². The fourth-order valence-electron chi connectivity index (χ4n) is 3.09. The highest BCUT2D eigenvalue weighted by Crippen LogP contribution is 2.20. The summed E-state index contributed by atoms with van der Waals surface area (Å²) in [5.74, 6) is 1.01. The summed E-state index contributed by atoms with van der Waals surface area (Å²) in [4.78, 5) is 22.8. The zero-order chi connectivity index (χ0) is 16.4. The number of piperidine rings is 1. The van der Waals surface area contributed by atoms with Crippen LogP contribution in [0.25, 0.3) is 5.65 Å². The molecule has 1 fully saturated rings. The molecule has 1 aliphatic rings. The fraction of sp³-hybridized carbons (Fsp3) is 0.294. The van der Waals surface area contributed by atoms with Crippen LogP contribution in [0, 0.1) is 0 Å². The van der Waals surface area contributed by atoms with E-state index in [9.17, 15) is 4.79 Å². The average Bonchev–Trinajstić information content (AvgIpc) is 3.12. The first-order chi connectivity index (χ1) is 11.8. The average molecular weight is 322 g/mol. The number of hydrogen-bond donors (Lipinski definition) is 1. The summed E-state index contributed by atoms with van der Waals surface area (Å²) < 4.78 is 1.86. The largest absolute Gasteiger partial charge is 0.356 e. The standard InChI is InChI=1S/C17H18N6O/c24-17(13-1-7-18-8-2-13)21-14-5-11-22(12-6-14)16-4-9-19-15-3-10-20-23(15)16/h1-4,7-10,14H,5-6,11-12H2,(H,21,24). The molecular weight excluding hydrogens is 304 g/mol. The summed E-state index contributed by atoms with van der Waals surface area (Å²) in [5, 5.41) is 7.45. The van der Waals surface area contributed by atoms with E-state index >= 15 is 0 Å². The molecule has 0 saturated carbocycles. The first-order valence-electron chi connectivity index (χ1n) is 8.06. The molecule has 1 saturated heterocycles. The van der Waals surface area contributed by atoms with Crippen molar-refractivity contribution in [2.75, 3.05) is 18.0 Å². The van der Waals surface area contributed by atoms with E-state index in [1.807, 2.05) is 22.8 Å². The summed E-state index contributed by atoms with van der Waals surface area (Å²) in [6, 6.07) is 7.53. The highest BCUT2D eigenvalue weighted by atomic mass is 16.1. The topological polar surface area (TPSA) is 75.4 Å². The predicted molar refractivity (Wildman–Crippen MR) is 89.9 cm³/mol. The smallest absolute Gasteiger partial charge is 0.251 e. The third kappa shape index (κ3) is 2.80. The first-order valence-corrected chi connectivity index (χ1v) is 8.06. The molecule has 0 spiro atoms. The van der Waals surface area contributed by atoms with Crippen LogP contribution >= 0.6 is 0 Å². The van der Waals surface area contributed by atoms with Crippen LogP contribution in [0.1, 0.15) is 23.2 Å². The second kappa shape index (κ2) is 6.27. The second-order valence-electron chi connectivity index (χ2n) is 5.87. The van der Waals surface area contributed by atoms with Gasteiger partial charge in [0.05, 0.1) is 6.20 Å². The van der Waals surface area contributed by atoms with Crippen molar-refractivity contribution < 1.29 is 4.79 Å². The summed E-state index contributed by atoms with van der Waals surface area (Å²) in [6.45, 7) is 1.75. The maximum Gasteiger partial charge on any atom is 0.251 e. The van der Waals surface area contributed by atoms with E-state index in [0.29, 0.717) is 5.56 Å². The molecule has 0 atom stereocenters. The minimum atomic E-state index is -0.0331. The molecule has 24 heavy (non-hydrogen) atoms. The van der Waals surface area contributed by atoms with E-state index in [1.54, 1.807) is 30.7 Å². The maximum atomic E-state index is 12.2. The normalized spacial score (nSPS) is 15.6. The van der Waals surface area contributed by atoms with E-state index in [1.165, 1.54) is 0 Å². The molecule has 0 bridgehead atoms. The number of nitrogens with one attached hydrogen (secondary N) is 1. The van der Waals surface area contributed by atoms with Gasteiger partial charge in [-0.05, 0) is 31.0 Å². The molecule has 3 aromatic heterocycles. The molecule has 0 aromatic carbocycles. The van der Waals surface area contributed by atoms with E-state index in [4.69, 9.17) is 0 Å². The van der Waals surface area contributed by atoms with Gasteiger partial charge < -0.3 is 10.2 Å². The van der Waals surface area contributed by atoms with Gasteiger partial charge in [-0.15, -0.1) is 0 Å². The molecule has 4 rings (SSSR count). The van der Waals surface area contributed by atoms with Gasteiger partial charge in [-0.2, -0.15) is 9.61 Å². The minimum absolute atomic E-state index is 0.0331. The van der Waals surface area contributed by atoms with E-state index in [-0.39, 0.29) is 11.9 Å². The number of pyridine rings is 1. The number of nitrogens with zero attached hydrogens (tertiary/aromatic N) is 5. The highest BCUT2D eigenvalue weighted by Gasteiger charge is 2.22. The summed E-state index contributed by atoms with van der Waals surface area (Å²) >= 11 is 0. The Labute approximate surface area is 139 Å². The molecule has 0 radical (unpaired) electrons. The molecule has 1 aliphatic heterocycles. The van der Waals surface area contributed by atoms with Crippen LogP contribution in [0.5, 0.6) is 0 Å². The maximum absolute atomic E-state index is 12.2. The van der Waals surface area contributed by atoms with Crippen molar-refractivity contribution in [3.63, 3.8) is 0 Å². The Morgan fingerprint density at radius 3 is 2.62 bits per heavy atom. The summed E-state index contributed by atoms with van der Waals surface area (Å²) in [5.41, 5.74) is 1.50. The number of carbonyl (C=O) groups excluding carboxylic acids is 1. The van der Waals surface area contributed by atoms with E-state index in [0.717, 1.165) is 37.4 Å². The molecule has 7 nitrogen and oxygen atoms in total. The van der Waals surface area contributed by atoms with Crippen LogP contribution in [0.15, 0.2) is 49.1 Å². The van der Waals surface area contributed by atoms with Crippen LogP contribution in [-0.4, -0.2) is 44.6 Å². The van der Waals surface area contributed by atoms with Gasteiger partial charge in [-0.1, -0.05) is 0 Å². The number of hydrogen-bond acceptors (Lipinski definition) is 5. The van der Waals surface area contributed by atoms with Crippen molar-refractivity contribution in [1.29, 1.82) is 0 Å². The lowest BCUT2D eigenvalue weighted by atomic mass is 10.0. The van der Waals surface area contributed by atoms with Crippen molar-refractivity contribution in [2.45, 2.75) is 18.9 Å². The molecule has 1 amide bonds. The summed E-state index contributed by atoms with van der Waals surface area (Å²) in [6.07, 6.45) is 8.65. The van der Waals surface area contributed by atoms with Crippen LogP contribution in [0.4, 0.5) is 5.82 Å². The second-order valence-corrected chi connectivity index (χ2v) is 5.87. The van der Waals surface area contributed by atoms with Crippen LogP contribution in [-0.2, 0) is 0 Å². The zero-order valence-corrected chi connectivity index (χ0v) is 13.2. The molecular formula is C17H18N6O. The lowest BCUT2D eigenvalue weighted by Gasteiger charge is -2.33. The van der Waals surface area contributed by atoms with Gasteiger partial charge in [0.2, 0.25) is 0 Å². The van der Waals surface area contributed by atoms with E-state index < -0.39 is 0 Å². The Morgan fingerprint density at radius 1 is 1.04 bits per heavy atom. The monoisotopic (exact) mass is 322 g/mol. The molecule has 3 aromatic rings. The van der Waals surface area contributed by atoms with Gasteiger partial charge in [0.15, 0.2) is 5.65 Å². The Balaban J connectivity index is 1.40. The fourth-order valence-corrected chi connectivity index (χ4v) is 3.09. The molecule has 0 aliphatic carbocycles. The van der Waals surface area contributed by atoms with E-state index in [2.05, 4.69) is 25.3 Å². The summed E-state index contributed by atoms with van der Waals surface area (Å²) in [7, 11) is 0. The molecule has 0 unspecified atom stereocenters. The third-order valence-corrected chi connectivity index (χ3v) is 4.37. The molecule has 7 heteroatoms. The van der Waals surface area contributed by atoms with Gasteiger partial charge in [0, 0.05) is 49.4 Å². The number of aromatic nitrogens is 4. The van der Waals surface area contributed by atoms with Crippen LogP contribution < -0.4 is 10.2 Å². The van der Waals surface area contributed by atoms with Gasteiger partial charge >= 0.3 is 0 Å². The third-order valence-electron chi connectivity index (χ3n) is 4.37. The van der Waals surface area contributed by atoms with Crippen LogP contribution in [0.2, 0.25) is 0 Å². The Morgan fingerprint density at radius 2 is 1.83 bits per heavy atom. The van der Waals surface area contributed by atoms with Crippen molar-refractivity contribution in [3.05, 3.63) is 54.6 Å². The van der Waals surface area contributed by atoms with Crippen molar-refractivity contribution >= 4 is 17.4 Å². The number of carbonyl (C=O) groups is 1. The minimum Gasteiger partial charge on any atom is -0.356 e. The van der Waals surface area contributed by atoms with Gasteiger partial charge in [-0.3, -0.25) is 9.78 Å². The van der Waals surface area contributed by atoms with Gasteiger partial charge in [0.25, 0.3) is 5.91 Å². The zero-order valence-electron chi connectivity index (χ0n) is 13.2.